The van der Waals surface area contributed by atoms with Crippen LogP contribution in [-0.2, 0) is 0 Å². The van der Waals surface area contributed by atoms with Gasteiger partial charge in [0.1, 0.15) is 0 Å². The van der Waals surface area contributed by atoms with Crippen LogP contribution in [0.1, 0.15) is 16.7 Å². The molecule has 0 unspecified atom stereocenters. The summed E-state index contributed by atoms with van der Waals surface area (Å²) in [5.74, 6) is 1.12. The molecule has 2 N–H and O–H groups in total. The number of anilines is 4. The Morgan fingerprint density at radius 1 is 0.826 bits per heavy atom. The van der Waals surface area contributed by atoms with E-state index in [4.69, 9.17) is 0 Å². The van der Waals surface area contributed by atoms with Crippen molar-refractivity contribution >= 4 is 23.1 Å². The standard InChI is InChI=1S/C18H19N5/c1-12-8-9-14(3)16(10-12)21-18-22-17(11-19-23-18)20-15-7-5-4-6-13(15)2/h4-11H,1-3H3,(H2,20,21,22,23). The lowest BCUT2D eigenvalue weighted by Crippen LogP contribution is -2.03. The predicted octanol–water partition coefficient (Wildman–Crippen LogP) is 4.28. The van der Waals surface area contributed by atoms with Gasteiger partial charge in [-0.3, -0.25) is 0 Å². The molecule has 0 radical (unpaired) electrons. The van der Waals surface area contributed by atoms with Gasteiger partial charge in [0.05, 0.1) is 6.20 Å². The number of aromatic nitrogens is 3. The maximum absolute atomic E-state index is 4.48. The molecule has 1 heterocycles. The van der Waals surface area contributed by atoms with Crippen molar-refractivity contribution in [2.24, 2.45) is 0 Å². The predicted molar refractivity (Wildman–Crippen MR) is 93.5 cm³/mol. The second-order valence-electron chi connectivity index (χ2n) is 5.55. The lowest BCUT2D eigenvalue weighted by molar-refractivity contribution is 0.981. The van der Waals surface area contributed by atoms with Crippen LogP contribution in [0.2, 0.25) is 0 Å². The molecule has 0 atom stereocenters. The summed E-state index contributed by atoms with van der Waals surface area (Å²) in [6, 6.07) is 14.3. The van der Waals surface area contributed by atoms with E-state index < -0.39 is 0 Å². The molecular weight excluding hydrogens is 286 g/mol. The van der Waals surface area contributed by atoms with Crippen LogP contribution in [-0.4, -0.2) is 15.2 Å². The highest BCUT2D eigenvalue weighted by molar-refractivity contribution is 5.62. The van der Waals surface area contributed by atoms with Crippen LogP contribution >= 0.6 is 0 Å². The van der Waals surface area contributed by atoms with E-state index in [0.717, 1.165) is 22.5 Å². The van der Waals surface area contributed by atoms with E-state index in [0.29, 0.717) is 11.8 Å². The van der Waals surface area contributed by atoms with Crippen LogP contribution < -0.4 is 10.6 Å². The van der Waals surface area contributed by atoms with Gasteiger partial charge in [-0.05, 0) is 49.6 Å². The van der Waals surface area contributed by atoms with Crippen molar-refractivity contribution < 1.29 is 0 Å². The minimum atomic E-state index is 0.470. The van der Waals surface area contributed by atoms with Gasteiger partial charge in [0.25, 0.3) is 0 Å². The quantitative estimate of drug-likeness (QED) is 0.753. The zero-order valence-electron chi connectivity index (χ0n) is 13.5. The minimum Gasteiger partial charge on any atom is -0.339 e. The van der Waals surface area contributed by atoms with Crippen LogP contribution in [0.5, 0.6) is 0 Å². The third-order valence-corrected chi connectivity index (χ3v) is 3.61. The van der Waals surface area contributed by atoms with Gasteiger partial charge in [-0.1, -0.05) is 30.3 Å². The Labute approximate surface area is 135 Å². The Morgan fingerprint density at radius 2 is 1.61 bits per heavy atom. The van der Waals surface area contributed by atoms with Crippen LogP contribution in [0.15, 0.2) is 48.7 Å². The van der Waals surface area contributed by atoms with Gasteiger partial charge < -0.3 is 10.6 Å². The van der Waals surface area contributed by atoms with E-state index >= 15 is 0 Å². The van der Waals surface area contributed by atoms with Gasteiger partial charge in [-0.15, -0.1) is 5.10 Å². The molecule has 0 amide bonds. The molecule has 3 aromatic rings. The van der Waals surface area contributed by atoms with Crippen molar-refractivity contribution in [2.75, 3.05) is 10.6 Å². The number of para-hydroxylation sites is 1. The summed E-state index contributed by atoms with van der Waals surface area (Å²) < 4.78 is 0. The summed E-state index contributed by atoms with van der Waals surface area (Å²) >= 11 is 0. The molecule has 1 aromatic heterocycles. The fourth-order valence-electron chi connectivity index (χ4n) is 2.26. The average molecular weight is 305 g/mol. The second-order valence-corrected chi connectivity index (χ2v) is 5.55. The number of nitrogens with one attached hydrogen (secondary N) is 2. The third kappa shape index (κ3) is 3.63. The fourth-order valence-corrected chi connectivity index (χ4v) is 2.26. The van der Waals surface area contributed by atoms with Crippen molar-refractivity contribution in [1.29, 1.82) is 0 Å². The Kier molecular flexibility index (Phi) is 4.19. The molecule has 0 fully saturated rings. The molecule has 23 heavy (non-hydrogen) atoms. The number of hydrogen-bond donors (Lipinski definition) is 2. The summed E-state index contributed by atoms with van der Waals surface area (Å²) in [4.78, 5) is 4.48. The SMILES string of the molecule is Cc1ccc(C)c(Nc2nncc(Nc3ccccc3C)n2)c1. The highest BCUT2D eigenvalue weighted by atomic mass is 15.3. The van der Waals surface area contributed by atoms with Crippen LogP contribution in [0.4, 0.5) is 23.1 Å². The summed E-state index contributed by atoms with van der Waals surface area (Å²) in [5, 5.41) is 14.6. The van der Waals surface area contributed by atoms with E-state index in [-0.39, 0.29) is 0 Å². The van der Waals surface area contributed by atoms with Crippen LogP contribution in [0.3, 0.4) is 0 Å². The number of hydrogen-bond acceptors (Lipinski definition) is 5. The monoisotopic (exact) mass is 305 g/mol. The molecule has 0 aliphatic carbocycles. The molecule has 2 aromatic carbocycles. The zero-order chi connectivity index (χ0) is 16.2. The maximum Gasteiger partial charge on any atom is 0.249 e. The van der Waals surface area contributed by atoms with E-state index in [1.165, 1.54) is 5.56 Å². The summed E-state index contributed by atoms with van der Waals surface area (Å²) in [6.45, 7) is 6.15. The smallest absolute Gasteiger partial charge is 0.249 e. The molecule has 116 valence electrons. The third-order valence-electron chi connectivity index (χ3n) is 3.61. The molecular formula is C18H19N5. The molecule has 0 saturated carbocycles. The molecule has 0 saturated heterocycles. The number of aryl methyl sites for hydroxylation is 3. The lowest BCUT2D eigenvalue weighted by Gasteiger charge is -2.11. The topological polar surface area (TPSA) is 62.7 Å². The Bertz CT molecular complexity index is 829. The molecule has 0 aliphatic rings. The highest BCUT2D eigenvalue weighted by Gasteiger charge is 2.05. The fraction of sp³-hybridized carbons (Fsp3) is 0.167. The normalized spacial score (nSPS) is 10.4. The van der Waals surface area contributed by atoms with E-state index in [2.05, 4.69) is 50.9 Å². The summed E-state index contributed by atoms with van der Waals surface area (Å²) in [5.41, 5.74) is 5.46. The van der Waals surface area contributed by atoms with Gasteiger partial charge >= 0.3 is 0 Å². The van der Waals surface area contributed by atoms with Crippen LogP contribution in [0.25, 0.3) is 0 Å². The summed E-state index contributed by atoms with van der Waals surface area (Å²) in [7, 11) is 0. The van der Waals surface area contributed by atoms with Crippen molar-refractivity contribution in [3.63, 3.8) is 0 Å². The second kappa shape index (κ2) is 6.44. The van der Waals surface area contributed by atoms with Crippen LogP contribution in [0, 0.1) is 20.8 Å². The number of nitrogens with zero attached hydrogens (tertiary/aromatic N) is 3. The van der Waals surface area contributed by atoms with Gasteiger partial charge in [0.2, 0.25) is 5.95 Å². The highest BCUT2D eigenvalue weighted by Crippen LogP contribution is 2.21. The van der Waals surface area contributed by atoms with Crippen molar-refractivity contribution in [2.45, 2.75) is 20.8 Å². The molecule has 0 aliphatic heterocycles. The van der Waals surface area contributed by atoms with E-state index in [9.17, 15) is 0 Å². The Hall–Kier alpha value is -2.95. The maximum atomic E-state index is 4.48. The largest absolute Gasteiger partial charge is 0.339 e. The molecule has 0 spiro atoms. The van der Waals surface area contributed by atoms with E-state index in [1.807, 2.05) is 38.1 Å². The zero-order valence-corrected chi connectivity index (χ0v) is 13.5. The lowest BCUT2D eigenvalue weighted by atomic mass is 10.1. The van der Waals surface area contributed by atoms with Gasteiger partial charge in [-0.25, -0.2) is 0 Å². The molecule has 3 rings (SSSR count). The van der Waals surface area contributed by atoms with Gasteiger partial charge in [-0.2, -0.15) is 10.1 Å². The Morgan fingerprint density at radius 3 is 2.43 bits per heavy atom. The van der Waals surface area contributed by atoms with Gasteiger partial charge in [0, 0.05) is 11.4 Å². The number of rotatable bonds is 4. The average Bonchev–Trinajstić information content (AvgIpc) is 2.54. The first-order valence-electron chi connectivity index (χ1n) is 7.48. The van der Waals surface area contributed by atoms with Gasteiger partial charge in [0.15, 0.2) is 5.82 Å². The number of benzene rings is 2. The molecule has 5 nitrogen and oxygen atoms in total. The van der Waals surface area contributed by atoms with Crippen molar-refractivity contribution in [3.8, 4) is 0 Å². The molecule has 5 heteroatoms. The van der Waals surface area contributed by atoms with Crippen molar-refractivity contribution in [3.05, 3.63) is 65.4 Å². The molecule has 0 bridgehead atoms. The van der Waals surface area contributed by atoms with E-state index in [1.54, 1.807) is 6.20 Å². The minimum absolute atomic E-state index is 0.470. The summed E-state index contributed by atoms with van der Waals surface area (Å²) in [6.07, 6.45) is 1.61. The Balaban J connectivity index is 1.83. The first-order valence-corrected chi connectivity index (χ1v) is 7.48. The van der Waals surface area contributed by atoms with Crippen molar-refractivity contribution in [1.82, 2.24) is 15.2 Å². The first kappa shape index (κ1) is 15.0. The first-order chi connectivity index (χ1) is 11.1.